The number of methoxy groups -OCH3 is 2. The van der Waals surface area contributed by atoms with Crippen LogP contribution in [0.25, 0.3) is 94.9 Å². The van der Waals surface area contributed by atoms with Crippen molar-refractivity contribution in [1.82, 2.24) is 94.8 Å². The molecule has 37 heteroatoms. The summed E-state index contributed by atoms with van der Waals surface area (Å²) in [7, 11) is 3.13. The number of aromatic nitrogens is 14. The molecule has 2 unspecified atom stereocenters. The number of aromatic amines is 1. The maximum absolute atomic E-state index is 13.6. The minimum atomic E-state index is -0.718. The molecule has 0 bridgehead atoms. The standard InChI is InChI=1S/C36H47N7O7.C27H30IN5O5.C20H20N6O.C9H18N2O2.ClH/c1-35(2,3)49-33(44)41-15-13-40(14-16-41)29-22-42(34(45)50-36(4,5)6)28-19-27(38-39-32(28)29)26-12-11-24(18-30(26)48-23-46-7)25-20-37-43(21-25)31-10-8-9-17-47-31;1-27(2,3)38-26(34)32-15-20(28)25-22(32)12-21(30-31-25)19-9-8-17(11-23(19)37-16-35-4)18-13-29-33(14-18)24-7-5-6-10-36-24;27-19-10-13(15-11-22-23-12-15)1-3-16(19)17-9-14-2-4-18(20(14)25-24-17)26-7-5-21-6-8-26;1-9(2,3)13-8(12)11-6-4-10-5-7-11;/h11-12,18-22,31H,8-10,13-17,23H2,1-7H3;8-9,11-15,24H,5-7,10,16H2,1-4H3;1,3-4,9-12,21,27H,2,5-8H2,(H,22,23);10H,4-7H2,1-3H3;1H. The number of H-pyrrole nitrogens is 1. The van der Waals surface area contributed by atoms with E-state index < -0.39 is 29.0 Å². The lowest BCUT2D eigenvalue weighted by Crippen LogP contribution is -2.50. The molecular formula is C92H116ClIN20O15. The van der Waals surface area contributed by atoms with Crippen molar-refractivity contribution in [3.63, 3.8) is 0 Å². The second kappa shape index (κ2) is 42.0. The highest BCUT2D eigenvalue weighted by molar-refractivity contribution is 14.1. The molecule has 3 aromatic carbocycles. The van der Waals surface area contributed by atoms with E-state index in [4.69, 9.17) is 47.4 Å². The number of allylic oxidation sites excluding steroid dienone is 1. The third-order valence-electron chi connectivity index (χ3n) is 21.4. The molecule has 35 nitrogen and oxygen atoms in total. The maximum Gasteiger partial charge on any atom is 0.419 e. The minimum absolute atomic E-state index is 0. The van der Waals surface area contributed by atoms with E-state index in [1.807, 2.05) is 184 Å². The van der Waals surface area contributed by atoms with E-state index in [2.05, 4.69) is 100 Å². The number of fused-ring (bicyclic) bond motifs is 3. The van der Waals surface area contributed by atoms with Crippen molar-refractivity contribution in [2.24, 2.45) is 0 Å². The van der Waals surface area contributed by atoms with Crippen molar-refractivity contribution < 1.29 is 71.7 Å². The number of piperazine rings is 3. The predicted octanol–water partition coefficient (Wildman–Crippen LogP) is 15.8. The summed E-state index contributed by atoms with van der Waals surface area (Å²) in [6, 6.07) is 22.9. The topological polar surface area (TPSA) is 369 Å². The van der Waals surface area contributed by atoms with Gasteiger partial charge in [-0.1, -0.05) is 24.3 Å². The van der Waals surface area contributed by atoms with Gasteiger partial charge in [0.2, 0.25) is 0 Å². The molecule has 0 saturated carbocycles. The molecule has 11 aromatic rings. The van der Waals surface area contributed by atoms with Gasteiger partial charge in [0.15, 0.2) is 13.6 Å². The molecular weight excluding hydrogens is 1790 g/mol. The molecule has 2 atom stereocenters. The molecule has 2 amide bonds. The van der Waals surface area contributed by atoms with Gasteiger partial charge < -0.3 is 82.7 Å². The van der Waals surface area contributed by atoms with Crippen LogP contribution in [0.3, 0.4) is 0 Å². The van der Waals surface area contributed by atoms with Gasteiger partial charge in [-0.25, -0.2) is 37.7 Å². The van der Waals surface area contributed by atoms with Crippen LogP contribution in [0.5, 0.6) is 17.2 Å². The molecule has 17 rings (SSSR count). The number of halogens is 2. The van der Waals surface area contributed by atoms with Crippen LogP contribution in [-0.4, -0.2) is 256 Å². The highest BCUT2D eigenvalue weighted by atomic mass is 127. The highest BCUT2D eigenvalue weighted by Crippen LogP contribution is 2.42. The number of phenols is 1. The number of aromatic hydroxyl groups is 1. The van der Waals surface area contributed by atoms with E-state index in [1.54, 1.807) is 54.9 Å². The van der Waals surface area contributed by atoms with Crippen LogP contribution in [0.1, 0.15) is 145 Å². The van der Waals surface area contributed by atoms with Crippen molar-refractivity contribution in [1.29, 1.82) is 0 Å². The van der Waals surface area contributed by atoms with Gasteiger partial charge in [0.05, 0.1) is 61.7 Å². The quantitative estimate of drug-likeness (QED) is 0.0396. The summed E-state index contributed by atoms with van der Waals surface area (Å²) >= 11 is 2.14. The Hall–Kier alpha value is -11.4. The van der Waals surface area contributed by atoms with Crippen LogP contribution >= 0.6 is 35.0 Å². The molecule has 1 aliphatic carbocycles. The lowest BCUT2D eigenvalue weighted by molar-refractivity contribution is -0.0395. The number of anilines is 1. The highest BCUT2D eigenvalue weighted by Gasteiger charge is 2.33. The van der Waals surface area contributed by atoms with Gasteiger partial charge >= 0.3 is 24.4 Å². The number of nitrogens with one attached hydrogen (secondary N) is 3. The lowest BCUT2D eigenvalue weighted by atomic mass is 10.0. The average Bonchev–Trinajstić information content (AvgIpc) is 1.49. The molecule has 0 radical (unpaired) electrons. The van der Waals surface area contributed by atoms with Gasteiger partial charge in [-0.05, 0) is 227 Å². The zero-order chi connectivity index (χ0) is 90.6. The Balaban J connectivity index is 0.000000158. The number of hydrogen-bond donors (Lipinski definition) is 4. The van der Waals surface area contributed by atoms with Gasteiger partial charge in [-0.3, -0.25) is 5.10 Å². The first-order chi connectivity index (χ1) is 61.3. The largest absolute Gasteiger partial charge is 0.507 e. The Morgan fingerprint density at radius 2 is 0.953 bits per heavy atom. The fourth-order valence-corrected chi connectivity index (χ4v) is 15.9. The van der Waals surface area contributed by atoms with Gasteiger partial charge in [0.1, 0.15) is 68.8 Å². The third kappa shape index (κ3) is 24.4. The van der Waals surface area contributed by atoms with Crippen LogP contribution in [-0.2, 0) is 44.3 Å². The Kier molecular flexibility index (Phi) is 31.0. The molecule has 5 aliphatic heterocycles. The molecule has 8 aromatic heterocycles. The van der Waals surface area contributed by atoms with Gasteiger partial charge in [0, 0.05) is 170 Å². The second-order valence-corrected chi connectivity index (χ2v) is 36.9. The third-order valence-corrected chi connectivity index (χ3v) is 22.2. The summed E-state index contributed by atoms with van der Waals surface area (Å²) in [5.41, 5.74) is 13.4. The molecule has 5 saturated heterocycles. The number of benzene rings is 3. The minimum Gasteiger partial charge on any atom is -0.507 e. The van der Waals surface area contributed by atoms with Crippen molar-refractivity contribution >= 4 is 92.8 Å². The summed E-state index contributed by atoms with van der Waals surface area (Å²) in [6.45, 7) is 32.9. The summed E-state index contributed by atoms with van der Waals surface area (Å²) in [6.07, 6.45) is 22.3. The molecule has 688 valence electrons. The normalized spacial score (nSPS) is 16.7. The van der Waals surface area contributed by atoms with Gasteiger partial charge in [-0.2, -0.15) is 15.3 Å². The summed E-state index contributed by atoms with van der Waals surface area (Å²) in [5, 5.41) is 60.0. The SMILES string of the molecule is CC(C)(C)OC(=O)N1CCNCC1.COCOc1cc(-c2cnn(C3CCCCO3)c2)ccc1-c1cc2c(nn1)c(I)cn2C(=O)OC(C)(C)C.COCOc1cc(-c2cnn(C3CCCCO3)c2)ccc1-c1cc2c(nn1)c(N1CCN(C(=O)OC(C)(C)C)CC1)cn2C(=O)OC(C)(C)C.Cl.Oc1cc(-c2cn[nH]c2)ccc1-c1cc2c(nn1)C(N1CCNCC1)=CC2. The molecule has 4 N–H and O–H groups in total. The maximum atomic E-state index is 13.6. The number of phenolic OH excluding ortho intramolecular Hbond substituents is 1. The number of nitrogens with zero attached hydrogens (tertiary/aromatic N) is 17. The van der Waals surface area contributed by atoms with Crippen molar-refractivity contribution in [3.8, 4) is 84.4 Å². The number of amides is 2. The molecule has 6 aliphatic rings. The first kappa shape index (κ1) is 95.2. The van der Waals surface area contributed by atoms with Crippen LogP contribution in [0.4, 0.5) is 24.9 Å². The molecule has 13 heterocycles. The number of ether oxygens (including phenoxy) is 10. The van der Waals surface area contributed by atoms with Crippen LogP contribution < -0.4 is 25.0 Å². The van der Waals surface area contributed by atoms with Crippen molar-refractivity contribution in [3.05, 3.63) is 143 Å². The van der Waals surface area contributed by atoms with Gasteiger partial charge in [-0.15, -0.1) is 43.0 Å². The van der Waals surface area contributed by atoms with E-state index in [-0.39, 0.29) is 62.0 Å². The van der Waals surface area contributed by atoms with Gasteiger partial charge in [0.25, 0.3) is 0 Å². The van der Waals surface area contributed by atoms with Crippen LogP contribution in [0.15, 0.2) is 128 Å². The van der Waals surface area contributed by atoms with Crippen LogP contribution in [0.2, 0.25) is 0 Å². The second-order valence-electron chi connectivity index (χ2n) is 35.7. The Labute approximate surface area is 769 Å². The Morgan fingerprint density at radius 3 is 1.44 bits per heavy atom. The average molecular weight is 1900 g/mol. The number of hydrogen-bond acceptors (Lipinski definition) is 28. The van der Waals surface area contributed by atoms with E-state index >= 15 is 0 Å². The van der Waals surface area contributed by atoms with E-state index in [0.717, 1.165) is 170 Å². The smallest absolute Gasteiger partial charge is 0.419 e. The predicted molar refractivity (Wildman–Crippen MR) is 498 cm³/mol. The lowest BCUT2D eigenvalue weighted by Gasteiger charge is -2.36. The first-order valence-corrected chi connectivity index (χ1v) is 44.4. The fourth-order valence-electron chi connectivity index (χ4n) is 15.3. The number of carbonyl (C=O) groups is 4. The van der Waals surface area contributed by atoms with Crippen molar-refractivity contribution in [2.45, 2.75) is 163 Å². The summed E-state index contributed by atoms with van der Waals surface area (Å²) in [4.78, 5) is 58.5. The van der Waals surface area contributed by atoms with Crippen molar-refractivity contribution in [2.75, 3.05) is 124 Å². The first-order valence-electron chi connectivity index (χ1n) is 43.3. The zero-order valence-electron chi connectivity index (χ0n) is 75.6. The van der Waals surface area contributed by atoms with E-state index in [1.165, 1.54) is 14.8 Å². The molecule has 129 heavy (non-hydrogen) atoms. The van der Waals surface area contributed by atoms with Crippen LogP contribution in [0, 0.1) is 3.57 Å². The summed E-state index contributed by atoms with van der Waals surface area (Å²) < 4.78 is 63.9. The monoisotopic (exact) mass is 1900 g/mol. The fraction of sp³-hybridized carbons (Fsp3) is 0.467. The number of rotatable bonds is 16. The Bertz CT molecular complexity index is 5720. The number of carbonyl (C=O) groups excluding carboxylic acids is 4. The van der Waals surface area contributed by atoms with E-state index in [9.17, 15) is 24.3 Å². The van der Waals surface area contributed by atoms with E-state index in [0.29, 0.717) is 88.0 Å². The zero-order valence-corrected chi connectivity index (χ0v) is 78.6. The Morgan fingerprint density at radius 1 is 0.488 bits per heavy atom. The molecule has 5 fully saturated rings. The summed E-state index contributed by atoms with van der Waals surface area (Å²) in [5.74, 6) is 1.30. The molecule has 0 spiro atoms.